The molecule has 0 aromatic carbocycles. The molecule has 5 heteroatoms. The first-order chi connectivity index (χ1) is 5.66. The van der Waals surface area contributed by atoms with Crippen molar-refractivity contribution in [3.05, 3.63) is 4.91 Å². The van der Waals surface area contributed by atoms with Crippen LogP contribution in [0.4, 0.5) is 0 Å². The van der Waals surface area contributed by atoms with Crippen molar-refractivity contribution in [1.82, 2.24) is 5.01 Å². The number of carbonyl (C=O) groups is 1. The third-order valence-electron chi connectivity index (χ3n) is 2.38. The number of nitrogens with zero attached hydrogens (tertiary/aromatic N) is 2. The predicted octanol–water partition coefficient (Wildman–Crippen LogP) is 0.853. The van der Waals surface area contributed by atoms with Gasteiger partial charge in [-0.3, -0.25) is 9.80 Å². The number of nitroso groups, excluding NO2 is 1. The summed E-state index contributed by atoms with van der Waals surface area (Å²) in [6, 6.07) is -0.270. The van der Waals surface area contributed by atoms with Crippen LogP contribution in [0.1, 0.15) is 19.8 Å². The van der Waals surface area contributed by atoms with Crippen molar-refractivity contribution >= 4 is 5.97 Å². The first kappa shape index (κ1) is 8.96. The Morgan fingerprint density at radius 2 is 2.33 bits per heavy atom. The summed E-state index contributed by atoms with van der Waals surface area (Å²) in [7, 11) is 0. The highest BCUT2D eigenvalue weighted by Crippen LogP contribution is 2.23. The second-order valence-electron chi connectivity index (χ2n) is 3.07. The first-order valence-corrected chi connectivity index (χ1v) is 3.99. The quantitative estimate of drug-likeness (QED) is 0.627. The number of aliphatic carboxylic acids is 1. The van der Waals surface area contributed by atoms with E-state index in [1.54, 1.807) is 6.92 Å². The fourth-order valence-corrected chi connectivity index (χ4v) is 1.57. The fourth-order valence-electron chi connectivity index (χ4n) is 1.57. The molecule has 0 aromatic heterocycles. The van der Waals surface area contributed by atoms with Crippen molar-refractivity contribution < 1.29 is 9.90 Å². The number of carboxylic acids is 1. The Kier molecular flexibility index (Phi) is 2.62. The van der Waals surface area contributed by atoms with E-state index in [2.05, 4.69) is 5.29 Å². The van der Waals surface area contributed by atoms with E-state index in [0.717, 1.165) is 6.42 Å². The highest BCUT2D eigenvalue weighted by Gasteiger charge is 2.32. The van der Waals surface area contributed by atoms with Crippen LogP contribution in [0.3, 0.4) is 0 Å². The lowest BCUT2D eigenvalue weighted by molar-refractivity contribution is -0.145. The lowest BCUT2D eigenvalue weighted by Gasteiger charge is -2.32. The third kappa shape index (κ3) is 1.54. The van der Waals surface area contributed by atoms with E-state index in [1.165, 1.54) is 5.01 Å². The molecular formula is C7H12N2O3. The van der Waals surface area contributed by atoms with Crippen LogP contribution in [0.15, 0.2) is 5.29 Å². The van der Waals surface area contributed by atoms with Crippen molar-refractivity contribution in [2.24, 2.45) is 11.2 Å². The zero-order chi connectivity index (χ0) is 9.14. The molecule has 0 saturated carbocycles. The van der Waals surface area contributed by atoms with Gasteiger partial charge in [-0.05, 0) is 19.8 Å². The topological polar surface area (TPSA) is 70.0 Å². The van der Waals surface area contributed by atoms with E-state index in [4.69, 9.17) is 5.11 Å². The van der Waals surface area contributed by atoms with Crippen molar-refractivity contribution in [3.63, 3.8) is 0 Å². The molecule has 5 nitrogen and oxygen atoms in total. The van der Waals surface area contributed by atoms with Crippen molar-refractivity contribution in [2.75, 3.05) is 6.54 Å². The van der Waals surface area contributed by atoms with Gasteiger partial charge in [-0.2, -0.15) is 0 Å². The molecular weight excluding hydrogens is 160 g/mol. The van der Waals surface area contributed by atoms with E-state index in [1.807, 2.05) is 0 Å². The van der Waals surface area contributed by atoms with Gasteiger partial charge >= 0.3 is 5.97 Å². The average Bonchev–Trinajstić information content (AvgIpc) is 2.04. The normalized spacial score (nSPS) is 29.9. The summed E-state index contributed by atoms with van der Waals surface area (Å²) in [6.07, 6.45) is 1.37. The molecule has 0 aliphatic carbocycles. The van der Waals surface area contributed by atoms with Gasteiger partial charge in [-0.25, -0.2) is 0 Å². The molecule has 1 rings (SSSR count). The van der Waals surface area contributed by atoms with Gasteiger partial charge in [0.1, 0.15) is 0 Å². The van der Waals surface area contributed by atoms with Crippen molar-refractivity contribution in [3.8, 4) is 0 Å². The monoisotopic (exact) mass is 172 g/mol. The molecule has 1 aliphatic rings. The predicted molar refractivity (Wildman–Crippen MR) is 42.3 cm³/mol. The highest BCUT2D eigenvalue weighted by molar-refractivity contribution is 5.70. The molecule has 0 spiro atoms. The molecule has 1 saturated heterocycles. The first-order valence-electron chi connectivity index (χ1n) is 3.99. The van der Waals surface area contributed by atoms with Gasteiger partial charge in [0.25, 0.3) is 0 Å². The molecule has 0 bridgehead atoms. The van der Waals surface area contributed by atoms with Gasteiger partial charge in [-0.1, -0.05) is 0 Å². The van der Waals surface area contributed by atoms with Gasteiger partial charge in [0.2, 0.25) is 0 Å². The van der Waals surface area contributed by atoms with E-state index in [0.29, 0.717) is 13.0 Å². The Morgan fingerprint density at radius 3 is 2.83 bits per heavy atom. The van der Waals surface area contributed by atoms with Crippen LogP contribution in [0.25, 0.3) is 0 Å². The second-order valence-corrected chi connectivity index (χ2v) is 3.07. The third-order valence-corrected chi connectivity index (χ3v) is 2.38. The molecule has 1 heterocycles. The van der Waals surface area contributed by atoms with Crippen LogP contribution in [0, 0.1) is 10.8 Å². The average molecular weight is 172 g/mol. The number of carboxylic acid groups (broad SMARTS) is 1. The Hall–Kier alpha value is -1.13. The molecule has 0 aromatic rings. The second kappa shape index (κ2) is 3.51. The van der Waals surface area contributed by atoms with Crippen LogP contribution < -0.4 is 0 Å². The van der Waals surface area contributed by atoms with Crippen LogP contribution in [-0.2, 0) is 4.79 Å². The van der Waals surface area contributed by atoms with E-state index < -0.39 is 11.9 Å². The van der Waals surface area contributed by atoms with Gasteiger partial charge in [0, 0.05) is 6.54 Å². The number of rotatable bonds is 2. The van der Waals surface area contributed by atoms with Gasteiger partial charge in [0.05, 0.1) is 17.2 Å². The molecule has 12 heavy (non-hydrogen) atoms. The maximum absolute atomic E-state index is 10.7. The molecule has 0 amide bonds. The fraction of sp³-hybridized carbons (Fsp3) is 0.857. The lowest BCUT2D eigenvalue weighted by atomic mass is 9.92. The van der Waals surface area contributed by atoms with Gasteiger partial charge < -0.3 is 5.11 Å². The minimum atomic E-state index is -0.837. The Balaban J connectivity index is 2.65. The highest BCUT2D eigenvalue weighted by atomic mass is 16.4. The summed E-state index contributed by atoms with van der Waals surface area (Å²) in [5.41, 5.74) is 0. The Bertz CT molecular complexity index is 195. The minimum Gasteiger partial charge on any atom is -0.481 e. The molecule has 2 atom stereocenters. The van der Waals surface area contributed by atoms with Crippen LogP contribution in [0.5, 0.6) is 0 Å². The maximum atomic E-state index is 10.7. The number of hydrogen-bond acceptors (Lipinski definition) is 3. The van der Waals surface area contributed by atoms with Crippen molar-refractivity contribution in [2.45, 2.75) is 25.8 Å². The molecule has 1 aliphatic heterocycles. The largest absolute Gasteiger partial charge is 0.481 e. The summed E-state index contributed by atoms with van der Waals surface area (Å²) in [4.78, 5) is 20.9. The zero-order valence-corrected chi connectivity index (χ0v) is 6.93. The SMILES string of the molecule is CC1C(C(=O)O)CCCN1N=O. The summed E-state index contributed by atoms with van der Waals surface area (Å²) in [6.45, 7) is 2.30. The van der Waals surface area contributed by atoms with Gasteiger partial charge in [-0.15, -0.1) is 4.91 Å². The smallest absolute Gasteiger partial charge is 0.308 e. The summed E-state index contributed by atoms with van der Waals surface area (Å²) < 4.78 is 0. The summed E-state index contributed by atoms with van der Waals surface area (Å²) >= 11 is 0. The number of hydrogen-bond donors (Lipinski definition) is 1. The molecule has 1 fully saturated rings. The van der Waals surface area contributed by atoms with Crippen LogP contribution in [0.2, 0.25) is 0 Å². The summed E-state index contributed by atoms with van der Waals surface area (Å²) in [5.74, 6) is -1.28. The molecule has 0 radical (unpaired) electrons. The lowest BCUT2D eigenvalue weighted by Crippen LogP contribution is -2.43. The zero-order valence-electron chi connectivity index (χ0n) is 6.93. The maximum Gasteiger partial charge on any atom is 0.308 e. The molecule has 68 valence electrons. The Labute approximate surface area is 70.3 Å². The standard InChI is InChI=1S/C7H12N2O3/c1-5-6(7(10)11)3-2-4-9(5)8-12/h5-6H,2-4H2,1H3,(H,10,11). The van der Waals surface area contributed by atoms with E-state index in [9.17, 15) is 9.70 Å². The van der Waals surface area contributed by atoms with Gasteiger partial charge in [0.15, 0.2) is 0 Å². The van der Waals surface area contributed by atoms with Crippen LogP contribution >= 0.6 is 0 Å². The number of piperidine rings is 1. The van der Waals surface area contributed by atoms with E-state index >= 15 is 0 Å². The van der Waals surface area contributed by atoms with E-state index in [-0.39, 0.29) is 6.04 Å². The minimum absolute atomic E-state index is 0.270. The van der Waals surface area contributed by atoms with Crippen molar-refractivity contribution in [1.29, 1.82) is 0 Å². The molecule has 1 N–H and O–H groups in total. The molecule has 2 unspecified atom stereocenters. The van der Waals surface area contributed by atoms with Crippen LogP contribution in [-0.4, -0.2) is 28.7 Å². The summed E-state index contributed by atoms with van der Waals surface area (Å²) in [5, 5.41) is 12.8. The Morgan fingerprint density at radius 1 is 1.67 bits per heavy atom.